The Morgan fingerprint density at radius 2 is 2.25 bits per heavy atom. The SMILES string of the molecule is COc1ccc(-c2onc(N)c2Br)c(F)c1. The highest BCUT2D eigenvalue weighted by atomic mass is 79.9. The molecule has 2 N–H and O–H groups in total. The van der Waals surface area contributed by atoms with Crippen molar-refractivity contribution in [3.05, 3.63) is 28.5 Å². The van der Waals surface area contributed by atoms with E-state index in [0.29, 0.717) is 10.2 Å². The maximum Gasteiger partial charge on any atom is 0.186 e. The van der Waals surface area contributed by atoms with Crippen LogP contribution in [0.4, 0.5) is 10.2 Å². The fourth-order valence-corrected chi connectivity index (χ4v) is 1.62. The van der Waals surface area contributed by atoms with Crippen LogP contribution in [0.5, 0.6) is 5.75 Å². The first kappa shape index (κ1) is 10.9. The normalized spacial score (nSPS) is 10.4. The number of halogens is 2. The van der Waals surface area contributed by atoms with Crippen LogP contribution in [0.3, 0.4) is 0 Å². The summed E-state index contributed by atoms with van der Waals surface area (Å²) < 4.78 is 24.0. The van der Waals surface area contributed by atoms with Gasteiger partial charge in [0.1, 0.15) is 16.0 Å². The molecule has 1 aromatic carbocycles. The van der Waals surface area contributed by atoms with Crippen molar-refractivity contribution in [2.24, 2.45) is 0 Å². The first-order valence-corrected chi connectivity index (χ1v) is 5.17. The van der Waals surface area contributed by atoms with Gasteiger partial charge in [-0.1, -0.05) is 5.16 Å². The lowest BCUT2D eigenvalue weighted by Crippen LogP contribution is -1.88. The van der Waals surface area contributed by atoms with E-state index >= 15 is 0 Å². The monoisotopic (exact) mass is 286 g/mol. The average molecular weight is 287 g/mol. The Morgan fingerprint density at radius 1 is 1.50 bits per heavy atom. The Bertz CT molecular complexity index is 528. The number of aromatic nitrogens is 1. The lowest BCUT2D eigenvalue weighted by atomic mass is 10.1. The summed E-state index contributed by atoms with van der Waals surface area (Å²) >= 11 is 3.18. The second kappa shape index (κ2) is 4.13. The molecule has 0 radical (unpaired) electrons. The van der Waals surface area contributed by atoms with Gasteiger partial charge in [0.05, 0.1) is 12.7 Å². The summed E-state index contributed by atoms with van der Waals surface area (Å²) in [6, 6.07) is 4.43. The molecule has 4 nitrogen and oxygen atoms in total. The van der Waals surface area contributed by atoms with Crippen LogP contribution in [0, 0.1) is 5.82 Å². The van der Waals surface area contributed by atoms with E-state index in [1.54, 1.807) is 12.1 Å². The Balaban J connectivity index is 2.52. The second-order valence-electron chi connectivity index (χ2n) is 3.06. The third-order valence-electron chi connectivity index (χ3n) is 2.08. The van der Waals surface area contributed by atoms with Crippen LogP contribution < -0.4 is 10.5 Å². The molecule has 0 aliphatic rings. The van der Waals surface area contributed by atoms with E-state index in [0.717, 1.165) is 0 Å². The molecule has 0 fully saturated rings. The molecule has 0 aliphatic carbocycles. The van der Waals surface area contributed by atoms with Crippen molar-refractivity contribution in [2.45, 2.75) is 0 Å². The van der Waals surface area contributed by atoms with E-state index in [2.05, 4.69) is 21.1 Å². The second-order valence-corrected chi connectivity index (χ2v) is 3.85. The average Bonchev–Trinajstić information content (AvgIpc) is 2.60. The van der Waals surface area contributed by atoms with Crippen molar-refractivity contribution >= 4 is 21.7 Å². The lowest BCUT2D eigenvalue weighted by molar-refractivity contribution is 0.410. The molecule has 0 unspecified atom stereocenters. The molecule has 0 saturated carbocycles. The molecular weight excluding hydrogens is 279 g/mol. The molecule has 6 heteroatoms. The minimum atomic E-state index is -0.462. The van der Waals surface area contributed by atoms with Crippen LogP contribution in [0.25, 0.3) is 11.3 Å². The third kappa shape index (κ3) is 1.76. The minimum Gasteiger partial charge on any atom is -0.497 e. The molecule has 0 amide bonds. The first-order valence-electron chi connectivity index (χ1n) is 4.38. The van der Waals surface area contributed by atoms with E-state index in [-0.39, 0.29) is 17.1 Å². The van der Waals surface area contributed by atoms with Crippen molar-refractivity contribution in [2.75, 3.05) is 12.8 Å². The molecule has 0 saturated heterocycles. The van der Waals surface area contributed by atoms with E-state index < -0.39 is 5.82 Å². The molecule has 84 valence electrons. The molecule has 2 rings (SSSR count). The highest BCUT2D eigenvalue weighted by molar-refractivity contribution is 9.10. The number of nitrogens with two attached hydrogens (primary N) is 1. The number of methoxy groups -OCH3 is 1. The molecule has 0 bridgehead atoms. The van der Waals surface area contributed by atoms with E-state index in [9.17, 15) is 4.39 Å². The van der Waals surface area contributed by atoms with Gasteiger partial charge in [-0.15, -0.1) is 0 Å². The summed E-state index contributed by atoms with van der Waals surface area (Å²) in [5, 5.41) is 3.53. The fraction of sp³-hybridized carbons (Fsp3) is 0.100. The van der Waals surface area contributed by atoms with Gasteiger partial charge in [-0.05, 0) is 28.1 Å². The van der Waals surface area contributed by atoms with Crippen molar-refractivity contribution in [3.63, 3.8) is 0 Å². The maximum absolute atomic E-state index is 13.7. The van der Waals surface area contributed by atoms with Gasteiger partial charge in [0, 0.05) is 6.07 Å². The molecule has 1 aromatic heterocycles. The molecule has 0 atom stereocenters. The van der Waals surface area contributed by atoms with Crippen LogP contribution in [0.2, 0.25) is 0 Å². The van der Waals surface area contributed by atoms with Gasteiger partial charge in [-0.3, -0.25) is 0 Å². The maximum atomic E-state index is 13.7. The molecule has 2 aromatic rings. The predicted molar refractivity (Wildman–Crippen MR) is 60.6 cm³/mol. The quantitative estimate of drug-likeness (QED) is 0.922. The lowest BCUT2D eigenvalue weighted by Gasteiger charge is -2.02. The topological polar surface area (TPSA) is 61.3 Å². The minimum absolute atomic E-state index is 0.185. The largest absolute Gasteiger partial charge is 0.497 e. The fourth-order valence-electron chi connectivity index (χ4n) is 1.27. The molecule has 1 heterocycles. The van der Waals surface area contributed by atoms with Gasteiger partial charge in [0.15, 0.2) is 11.6 Å². The van der Waals surface area contributed by atoms with Crippen LogP contribution in [-0.2, 0) is 0 Å². The number of nitrogens with zero attached hydrogens (tertiary/aromatic N) is 1. The molecule has 16 heavy (non-hydrogen) atoms. The summed E-state index contributed by atoms with van der Waals surface area (Å²) in [5.74, 6) is 0.420. The summed E-state index contributed by atoms with van der Waals surface area (Å²) in [7, 11) is 1.47. The van der Waals surface area contributed by atoms with Crippen LogP contribution in [0.1, 0.15) is 0 Å². The highest BCUT2D eigenvalue weighted by Crippen LogP contribution is 2.34. The number of hydrogen-bond acceptors (Lipinski definition) is 4. The summed E-state index contributed by atoms with van der Waals surface area (Å²) in [6.45, 7) is 0. The predicted octanol–water partition coefficient (Wildman–Crippen LogP) is 2.83. The van der Waals surface area contributed by atoms with Gasteiger partial charge < -0.3 is 15.0 Å². The standard InChI is InChI=1S/C10H8BrFN2O2/c1-15-5-2-3-6(7(12)4-5)9-8(11)10(13)14-16-9/h2-4H,1H3,(H2,13,14). The van der Waals surface area contributed by atoms with Crippen molar-refractivity contribution in [1.82, 2.24) is 5.16 Å². The van der Waals surface area contributed by atoms with Crippen LogP contribution in [0.15, 0.2) is 27.2 Å². The number of anilines is 1. The summed E-state index contributed by atoms with van der Waals surface area (Å²) in [6.07, 6.45) is 0. The van der Waals surface area contributed by atoms with Gasteiger partial charge in [0.2, 0.25) is 0 Å². The number of hydrogen-bond donors (Lipinski definition) is 1. The Kier molecular flexibility index (Phi) is 2.82. The van der Waals surface area contributed by atoms with Crippen LogP contribution in [-0.4, -0.2) is 12.3 Å². The van der Waals surface area contributed by atoms with Crippen molar-refractivity contribution < 1.29 is 13.7 Å². The first-order chi connectivity index (χ1) is 7.63. The smallest absolute Gasteiger partial charge is 0.186 e. The Labute approximate surface area is 99.3 Å². The molecule has 0 aliphatic heterocycles. The van der Waals surface area contributed by atoms with Gasteiger partial charge >= 0.3 is 0 Å². The third-order valence-corrected chi connectivity index (χ3v) is 2.85. The van der Waals surface area contributed by atoms with E-state index in [1.165, 1.54) is 13.2 Å². The van der Waals surface area contributed by atoms with Gasteiger partial charge in [-0.2, -0.15) is 0 Å². The van der Waals surface area contributed by atoms with Crippen molar-refractivity contribution in [1.29, 1.82) is 0 Å². The Morgan fingerprint density at radius 3 is 2.75 bits per heavy atom. The van der Waals surface area contributed by atoms with E-state index in [1.807, 2.05) is 0 Å². The zero-order valence-electron chi connectivity index (χ0n) is 8.33. The summed E-state index contributed by atoms with van der Waals surface area (Å²) in [4.78, 5) is 0. The number of nitrogen functional groups attached to an aromatic ring is 1. The molecule has 0 spiro atoms. The summed E-state index contributed by atoms with van der Waals surface area (Å²) in [5.41, 5.74) is 5.76. The highest BCUT2D eigenvalue weighted by Gasteiger charge is 2.17. The van der Waals surface area contributed by atoms with Gasteiger partial charge in [-0.25, -0.2) is 4.39 Å². The Hall–Kier alpha value is -1.56. The molecular formula is C10H8BrFN2O2. The number of ether oxygens (including phenoxy) is 1. The number of rotatable bonds is 2. The number of benzene rings is 1. The van der Waals surface area contributed by atoms with Crippen LogP contribution >= 0.6 is 15.9 Å². The van der Waals surface area contributed by atoms with Crippen molar-refractivity contribution in [3.8, 4) is 17.1 Å². The van der Waals surface area contributed by atoms with E-state index in [4.69, 9.17) is 15.0 Å². The zero-order chi connectivity index (χ0) is 11.7. The van der Waals surface area contributed by atoms with Gasteiger partial charge in [0.25, 0.3) is 0 Å². The zero-order valence-corrected chi connectivity index (χ0v) is 9.92.